The lowest BCUT2D eigenvalue weighted by molar-refractivity contribution is -0.386. The predicted molar refractivity (Wildman–Crippen MR) is 81.9 cm³/mol. The molecule has 114 valence electrons. The second kappa shape index (κ2) is 6.21. The highest BCUT2D eigenvalue weighted by atomic mass is 16.6. The summed E-state index contributed by atoms with van der Waals surface area (Å²) in [4.78, 5) is 34.1. The summed E-state index contributed by atoms with van der Waals surface area (Å²) < 4.78 is 1.09. The van der Waals surface area contributed by atoms with Crippen LogP contribution in [0.15, 0.2) is 41.2 Å². The molecule has 1 heterocycles. The summed E-state index contributed by atoms with van der Waals surface area (Å²) in [7, 11) is 0. The number of anilines is 1. The van der Waals surface area contributed by atoms with Gasteiger partial charge in [0.2, 0.25) is 5.91 Å². The highest BCUT2D eigenvalue weighted by molar-refractivity contribution is 5.90. The maximum atomic E-state index is 12.0. The van der Waals surface area contributed by atoms with Gasteiger partial charge in [-0.25, -0.2) is 0 Å². The summed E-state index contributed by atoms with van der Waals surface area (Å²) >= 11 is 0. The number of aromatic nitrogens is 1. The van der Waals surface area contributed by atoms with Gasteiger partial charge in [-0.05, 0) is 37.6 Å². The van der Waals surface area contributed by atoms with Crippen molar-refractivity contribution < 1.29 is 9.72 Å². The number of rotatable bonds is 4. The standard InChI is InChI=1S/C15H15N3O4/c1-10-4-3-5-12(8-10)16-14(19)9-17-11(2)6-7-13(15(17)20)18(21)22/h3-8H,9H2,1-2H3,(H,16,19). The number of carbonyl (C=O) groups excluding carboxylic acids is 1. The van der Waals surface area contributed by atoms with Crippen molar-refractivity contribution in [2.75, 3.05) is 5.32 Å². The van der Waals surface area contributed by atoms with Crippen LogP contribution >= 0.6 is 0 Å². The van der Waals surface area contributed by atoms with Gasteiger partial charge in [0.25, 0.3) is 0 Å². The zero-order chi connectivity index (χ0) is 16.3. The SMILES string of the molecule is Cc1cccc(NC(=O)Cn2c(C)ccc([N+](=O)[O-])c2=O)c1. The average molecular weight is 301 g/mol. The minimum atomic E-state index is -0.788. The Morgan fingerprint density at radius 1 is 1.27 bits per heavy atom. The highest BCUT2D eigenvalue weighted by Gasteiger charge is 2.17. The summed E-state index contributed by atoms with van der Waals surface area (Å²) in [6.45, 7) is 3.23. The van der Waals surface area contributed by atoms with Crippen molar-refractivity contribution in [3.63, 3.8) is 0 Å². The van der Waals surface area contributed by atoms with E-state index in [0.29, 0.717) is 11.4 Å². The lowest BCUT2D eigenvalue weighted by Crippen LogP contribution is -2.30. The quantitative estimate of drug-likeness (QED) is 0.690. The Bertz CT molecular complexity index is 796. The zero-order valence-corrected chi connectivity index (χ0v) is 12.2. The molecule has 0 aliphatic heterocycles. The van der Waals surface area contributed by atoms with Crippen LogP contribution in [0.25, 0.3) is 0 Å². The molecule has 0 atom stereocenters. The molecule has 1 aromatic carbocycles. The lowest BCUT2D eigenvalue weighted by atomic mass is 10.2. The molecule has 1 N–H and O–H groups in total. The highest BCUT2D eigenvalue weighted by Crippen LogP contribution is 2.10. The van der Waals surface area contributed by atoms with Crippen LogP contribution in [0.2, 0.25) is 0 Å². The number of nitro groups is 1. The van der Waals surface area contributed by atoms with Crippen LogP contribution in [0.3, 0.4) is 0 Å². The van der Waals surface area contributed by atoms with Crippen molar-refractivity contribution in [3.8, 4) is 0 Å². The number of hydrogen-bond donors (Lipinski definition) is 1. The topological polar surface area (TPSA) is 94.2 Å². The van der Waals surface area contributed by atoms with Crippen LogP contribution in [0.4, 0.5) is 11.4 Å². The first kappa shape index (κ1) is 15.4. The van der Waals surface area contributed by atoms with E-state index in [1.54, 1.807) is 25.1 Å². The zero-order valence-electron chi connectivity index (χ0n) is 12.2. The van der Waals surface area contributed by atoms with E-state index < -0.39 is 22.1 Å². The van der Waals surface area contributed by atoms with Gasteiger partial charge in [0.15, 0.2) is 0 Å². The third-order valence-corrected chi connectivity index (χ3v) is 3.17. The normalized spacial score (nSPS) is 10.3. The van der Waals surface area contributed by atoms with Gasteiger partial charge in [-0.2, -0.15) is 0 Å². The minimum Gasteiger partial charge on any atom is -0.325 e. The molecule has 0 aliphatic rings. The molecule has 0 spiro atoms. The number of aryl methyl sites for hydroxylation is 2. The van der Waals surface area contributed by atoms with E-state index in [9.17, 15) is 19.7 Å². The summed E-state index contributed by atoms with van der Waals surface area (Å²) in [5, 5.41) is 13.5. The first-order valence-corrected chi connectivity index (χ1v) is 6.60. The first-order valence-electron chi connectivity index (χ1n) is 6.60. The lowest BCUT2D eigenvalue weighted by Gasteiger charge is -2.10. The third-order valence-electron chi connectivity index (χ3n) is 3.17. The fourth-order valence-electron chi connectivity index (χ4n) is 2.06. The van der Waals surface area contributed by atoms with Crippen molar-refractivity contribution in [3.05, 3.63) is 68.1 Å². The molecule has 1 aromatic heterocycles. The molecule has 0 saturated carbocycles. The number of hydrogen-bond acceptors (Lipinski definition) is 4. The number of nitrogens with one attached hydrogen (secondary N) is 1. The molecular formula is C15H15N3O4. The van der Waals surface area contributed by atoms with Gasteiger partial charge in [0.1, 0.15) is 6.54 Å². The molecule has 2 aromatic rings. The predicted octanol–water partition coefficient (Wildman–Crippen LogP) is 2.01. The van der Waals surface area contributed by atoms with Crippen molar-refractivity contribution in [2.45, 2.75) is 20.4 Å². The Balaban J connectivity index is 2.23. The summed E-state index contributed by atoms with van der Waals surface area (Å²) in [6, 6.07) is 9.81. The third kappa shape index (κ3) is 3.38. The van der Waals surface area contributed by atoms with E-state index in [1.807, 2.05) is 13.0 Å². The van der Waals surface area contributed by atoms with Gasteiger partial charge in [-0.3, -0.25) is 24.3 Å². The van der Waals surface area contributed by atoms with Crippen molar-refractivity contribution in [1.82, 2.24) is 4.57 Å². The molecule has 0 radical (unpaired) electrons. The number of amides is 1. The minimum absolute atomic E-state index is 0.277. The molecular weight excluding hydrogens is 286 g/mol. The van der Waals surface area contributed by atoms with Crippen LogP contribution < -0.4 is 10.9 Å². The molecule has 0 saturated heterocycles. The average Bonchev–Trinajstić information content (AvgIpc) is 2.43. The van der Waals surface area contributed by atoms with Crippen molar-refractivity contribution in [1.29, 1.82) is 0 Å². The molecule has 0 bridgehead atoms. The Labute approximate surface area is 126 Å². The maximum Gasteiger partial charge on any atom is 0.334 e. The monoisotopic (exact) mass is 301 g/mol. The van der Waals surface area contributed by atoms with Crippen LogP contribution in [0, 0.1) is 24.0 Å². The second-order valence-electron chi connectivity index (χ2n) is 4.93. The van der Waals surface area contributed by atoms with E-state index in [0.717, 1.165) is 16.2 Å². The molecule has 22 heavy (non-hydrogen) atoms. The van der Waals surface area contributed by atoms with E-state index in [1.165, 1.54) is 6.07 Å². The Kier molecular flexibility index (Phi) is 4.36. The van der Waals surface area contributed by atoms with Crippen LogP contribution in [-0.2, 0) is 11.3 Å². The number of nitrogens with zero attached hydrogens (tertiary/aromatic N) is 2. The van der Waals surface area contributed by atoms with E-state index in [2.05, 4.69) is 5.32 Å². The summed E-state index contributed by atoms with van der Waals surface area (Å²) in [5.74, 6) is -0.420. The Morgan fingerprint density at radius 3 is 2.64 bits per heavy atom. The summed E-state index contributed by atoms with van der Waals surface area (Å²) in [6.07, 6.45) is 0. The van der Waals surface area contributed by atoms with Crippen LogP contribution in [0.1, 0.15) is 11.3 Å². The molecule has 0 unspecified atom stereocenters. The van der Waals surface area contributed by atoms with Gasteiger partial charge in [-0.15, -0.1) is 0 Å². The summed E-state index contributed by atoms with van der Waals surface area (Å²) in [5.41, 5.74) is 0.746. The van der Waals surface area contributed by atoms with Gasteiger partial charge >= 0.3 is 11.2 Å². The number of benzene rings is 1. The molecule has 0 fully saturated rings. The molecule has 7 nitrogen and oxygen atoms in total. The molecule has 7 heteroatoms. The molecule has 2 rings (SSSR count). The smallest absolute Gasteiger partial charge is 0.325 e. The Hall–Kier alpha value is -2.96. The van der Waals surface area contributed by atoms with Gasteiger partial charge < -0.3 is 5.32 Å². The van der Waals surface area contributed by atoms with Crippen LogP contribution in [-0.4, -0.2) is 15.4 Å². The first-order chi connectivity index (χ1) is 10.4. The van der Waals surface area contributed by atoms with Gasteiger partial charge in [0, 0.05) is 17.4 Å². The number of carbonyl (C=O) groups is 1. The van der Waals surface area contributed by atoms with E-state index in [4.69, 9.17) is 0 Å². The van der Waals surface area contributed by atoms with E-state index >= 15 is 0 Å². The van der Waals surface area contributed by atoms with Gasteiger partial charge in [-0.1, -0.05) is 12.1 Å². The fraction of sp³-hybridized carbons (Fsp3) is 0.200. The maximum absolute atomic E-state index is 12.0. The fourth-order valence-corrected chi connectivity index (χ4v) is 2.06. The second-order valence-corrected chi connectivity index (χ2v) is 4.93. The van der Waals surface area contributed by atoms with Gasteiger partial charge in [0.05, 0.1) is 4.92 Å². The van der Waals surface area contributed by atoms with Crippen molar-refractivity contribution in [2.24, 2.45) is 0 Å². The van der Waals surface area contributed by atoms with E-state index in [-0.39, 0.29) is 6.54 Å². The molecule has 0 aliphatic carbocycles. The number of pyridine rings is 1. The Morgan fingerprint density at radius 2 is 2.00 bits per heavy atom. The van der Waals surface area contributed by atoms with Crippen molar-refractivity contribution >= 4 is 17.3 Å². The molecule has 1 amide bonds. The van der Waals surface area contributed by atoms with Crippen LogP contribution in [0.5, 0.6) is 0 Å². The largest absolute Gasteiger partial charge is 0.334 e.